The van der Waals surface area contributed by atoms with Gasteiger partial charge in [0, 0.05) is 18.3 Å². The molecule has 0 radical (unpaired) electrons. The second kappa shape index (κ2) is 3.96. The summed E-state index contributed by atoms with van der Waals surface area (Å²) in [5, 5.41) is 0. The average molecular weight is 204 g/mol. The van der Waals surface area contributed by atoms with Crippen molar-refractivity contribution in [3.63, 3.8) is 0 Å². The molecule has 0 aliphatic rings. The van der Waals surface area contributed by atoms with Gasteiger partial charge in [-0.05, 0) is 17.7 Å². The fourth-order valence-electron chi connectivity index (χ4n) is 1.16. The van der Waals surface area contributed by atoms with E-state index in [1.54, 1.807) is 0 Å². The van der Waals surface area contributed by atoms with Crippen molar-refractivity contribution in [2.24, 2.45) is 5.73 Å². The van der Waals surface area contributed by atoms with E-state index in [9.17, 15) is 13.2 Å². The van der Waals surface area contributed by atoms with Crippen LogP contribution in [0, 0.1) is 0 Å². The first-order chi connectivity index (χ1) is 6.43. The standard InChI is InChI=1S/C9H11F3N2/c1-6(8(13)9(10,11)12)7-2-4-14-5-3-7/h2-6,8H,13H2,1H3. The van der Waals surface area contributed by atoms with Gasteiger partial charge in [0.25, 0.3) is 0 Å². The zero-order valence-corrected chi connectivity index (χ0v) is 7.62. The van der Waals surface area contributed by atoms with Crippen molar-refractivity contribution in [3.8, 4) is 0 Å². The van der Waals surface area contributed by atoms with Crippen LogP contribution >= 0.6 is 0 Å². The monoisotopic (exact) mass is 204 g/mol. The number of hydrogen-bond acceptors (Lipinski definition) is 2. The maximum Gasteiger partial charge on any atom is 0.404 e. The molecule has 14 heavy (non-hydrogen) atoms. The van der Waals surface area contributed by atoms with E-state index in [1.165, 1.54) is 31.5 Å². The van der Waals surface area contributed by atoms with Gasteiger partial charge in [0.05, 0.1) is 0 Å². The second-order valence-electron chi connectivity index (χ2n) is 3.14. The number of aromatic nitrogens is 1. The summed E-state index contributed by atoms with van der Waals surface area (Å²) in [7, 11) is 0. The van der Waals surface area contributed by atoms with Crippen LogP contribution in [-0.4, -0.2) is 17.2 Å². The second-order valence-corrected chi connectivity index (χ2v) is 3.14. The molecular formula is C9H11F3N2. The maximum atomic E-state index is 12.2. The Labute approximate surface area is 79.9 Å². The number of rotatable bonds is 2. The van der Waals surface area contributed by atoms with Crippen LogP contribution in [0.4, 0.5) is 13.2 Å². The molecule has 0 saturated heterocycles. The SMILES string of the molecule is CC(c1ccncc1)C(N)C(F)(F)F. The third-order valence-electron chi connectivity index (χ3n) is 2.15. The number of halogens is 3. The lowest BCUT2D eigenvalue weighted by Gasteiger charge is -2.22. The molecule has 0 amide bonds. The minimum atomic E-state index is -4.36. The van der Waals surface area contributed by atoms with E-state index < -0.39 is 18.1 Å². The smallest absolute Gasteiger partial charge is 0.320 e. The lowest BCUT2D eigenvalue weighted by molar-refractivity contribution is -0.151. The quantitative estimate of drug-likeness (QED) is 0.800. The molecule has 2 unspecified atom stereocenters. The zero-order chi connectivity index (χ0) is 10.8. The minimum Gasteiger partial charge on any atom is -0.320 e. The molecule has 0 aliphatic carbocycles. The van der Waals surface area contributed by atoms with Crippen LogP contribution in [-0.2, 0) is 0 Å². The van der Waals surface area contributed by atoms with E-state index in [0.717, 1.165) is 0 Å². The molecular weight excluding hydrogens is 193 g/mol. The summed E-state index contributed by atoms with van der Waals surface area (Å²) in [6, 6.07) is 1.25. The lowest BCUT2D eigenvalue weighted by atomic mass is 9.94. The fourth-order valence-corrected chi connectivity index (χ4v) is 1.16. The summed E-state index contributed by atoms with van der Waals surface area (Å²) >= 11 is 0. The first-order valence-electron chi connectivity index (χ1n) is 4.15. The molecule has 0 fully saturated rings. The van der Waals surface area contributed by atoms with E-state index >= 15 is 0 Å². The van der Waals surface area contributed by atoms with Gasteiger partial charge in [-0.1, -0.05) is 6.92 Å². The summed E-state index contributed by atoms with van der Waals surface area (Å²) in [6.07, 6.45) is -1.45. The summed E-state index contributed by atoms with van der Waals surface area (Å²) in [6.45, 7) is 1.45. The predicted octanol–water partition coefficient (Wildman–Crippen LogP) is 2.07. The van der Waals surface area contributed by atoms with Crippen LogP contribution in [0.25, 0.3) is 0 Å². The van der Waals surface area contributed by atoms with Gasteiger partial charge in [-0.3, -0.25) is 4.98 Å². The van der Waals surface area contributed by atoms with E-state index in [2.05, 4.69) is 4.98 Å². The number of nitrogens with zero attached hydrogens (tertiary/aromatic N) is 1. The highest BCUT2D eigenvalue weighted by Gasteiger charge is 2.40. The topological polar surface area (TPSA) is 38.9 Å². The first-order valence-corrected chi connectivity index (χ1v) is 4.15. The average Bonchev–Trinajstić information content (AvgIpc) is 2.15. The van der Waals surface area contributed by atoms with Gasteiger partial charge in [-0.25, -0.2) is 0 Å². The summed E-state index contributed by atoms with van der Waals surface area (Å²) < 4.78 is 36.7. The van der Waals surface area contributed by atoms with E-state index in [-0.39, 0.29) is 0 Å². The first kappa shape index (κ1) is 11.0. The third kappa shape index (κ3) is 2.45. The molecule has 2 nitrogen and oxygen atoms in total. The van der Waals surface area contributed by atoms with Crippen molar-refractivity contribution >= 4 is 0 Å². The molecule has 0 aromatic carbocycles. The van der Waals surface area contributed by atoms with Crippen LogP contribution in [0.1, 0.15) is 18.4 Å². The Kier molecular flexibility index (Phi) is 3.10. The van der Waals surface area contributed by atoms with Gasteiger partial charge in [-0.2, -0.15) is 13.2 Å². The maximum absolute atomic E-state index is 12.2. The molecule has 2 N–H and O–H groups in total. The van der Waals surface area contributed by atoms with Crippen molar-refractivity contribution in [3.05, 3.63) is 30.1 Å². The Morgan fingerprint density at radius 3 is 2.21 bits per heavy atom. The summed E-state index contributed by atoms with van der Waals surface area (Å²) in [5.74, 6) is -0.752. The number of hydrogen-bond donors (Lipinski definition) is 1. The molecule has 5 heteroatoms. The lowest BCUT2D eigenvalue weighted by Crippen LogP contribution is -2.41. The Hall–Kier alpha value is -1.10. The van der Waals surface area contributed by atoms with E-state index in [0.29, 0.717) is 5.56 Å². The molecule has 0 spiro atoms. The van der Waals surface area contributed by atoms with Gasteiger partial charge in [-0.15, -0.1) is 0 Å². The van der Waals surface area contributed by atoms with Crippen molar-refractivity contribution < 1.29 is 13.2 Å². The molecule has 0 saturated carbocycles. The summed E-state index contributed by atoms with van der Waals surface area (Å²) in [5.41, 5.74) is 5.63. The molecule has 1 aromatic heterocycles. The highest BCUT2D eigenvalue weighted by atomic mass is 19.4. The van der Waals surface area contributed by atoms with Crippen molar-refractivity contribution in [2.45, 2.75) is 25.1 Å². The molecule has 2 atom stereocenters. The molecule has 78 valence electrons. The van der Waals surface area contributed by atoms with Gasteiger partial charge >= 0.3 is 6.18 Å². The largest absolute Gasteiger partial charge is 0.404 e. The van der Waals surface area contributed by atoms with Gasteiger partial charge in [0.2, 0.25) is 0 Å². The van der Waals surface area contributed by atoms with Crippen LogP contribution in [0.2, 0.25) is 0 Å². The Morgan fingerprint density at radius 2 is 1.79 bits per heavy atom. The van der Waals surface area contributed by atoms with Gasteiger partial charge in [0.1, 0.15) is 6.04 Å². The van der Waals surface area contributed by atoms with Gasteiger partial charge < -0.3 is 5.73 Å². The Morgan fingerprint density at radius 1 is 1.29 bits per heavy atom. The van der Waals surface area contributed by atoms with Crippen molar-refractivity contribution in [1.29, 1.82) is 0 Å². The highest BCUT2D eigenvalue weighted by molar-refractivity contribution is 5.17. The summed E-state index contributed by atoms with van der Waals surface area (Å²) in [4.78, 5) is 3.73. The normalized spacial score (nSPS) is 16.4. The number of alkyl halides is 3. The van der Waals surface area contributed by atoms with Crippen LogP contribution in [0.5, 0.6) is 0 Å². The molecule has 1 aromatic rings. The van der Waals surface area contributed by atoms with Crippen LogP contribution in [0.15, 0.2) is 24.5 Å². The number of pyridine rings is 1. The van der Waals surface area contributed by atoms with Crippen LogP contribution < -0.4 is 5.73 Å². The van der Waals surface area contributed by atoms with Gasteiger partial charge in [0.15, 0.2) is 0 Å². The highest BCUT2D eigenvalue weighted by Crippen LogP contribution is 2.29. The molecule has 0 bridgehead atoms. The number of nitrogens with two attached hydrogens (primary N) is 1. The predicted molar refractivity (Wildman–Crippen MR) is 46.7 cm³/mol. The molecule has 0 aliphatic heterocycles. The Bertz CT molecular complexity index is 284. The molecule has 1 rings (SSSR count). The van der Waals surface area contributed by atoms with Crippen LogP contribution in [0.3, 0.4) is 0 Å². The minimum absolute atomic E-state index is 0.546. The fraction of sp³-hybridized carbons (Fsp3) is 0.444. The Balaban J connectivity index is 2.81. The third-order valence-corrected chi connectivity index (χ3v) is 2.15. The van der Waals surface area contributed by atoms with Crippen molar-refractivity contribution in [2.75, 3.05) is 0 Å². The molecule has 1 heterocycles. The van der Waals surface area contributed by atoms with Crippen molar-refractivity contribution in [1.82, 2.24) is 4.98 Å². The van der Waals surface area contributed by atoms with E-state index in [1.807, 2.05) is 0 Å². The zero-order valence-electron chi connectivity index (χ0n) is 7.62. The van der Waals surface area contributed by atoms with E-state index in [4.69, 9.17) is 5.73 Å².